The fourth-order valence-corrected chi connectivity index (χ4v) is 7.79. The highest BCUT2D eigenvalue weighted by atomic mass is 32.2. The molecule has 25 heteroatoms. The Labute approximate surface area is 334 Å². The first-order chi connectivity index (χ1) is 27.4. The number of aliphatic hydroxyl groups excluding tert-OH is 6. The molecule has 58 heavy (non-hydrogen) atoms. The zero-order chi connectivity index (χ0) is 43.0. The maximum Gasteiger partial charge on any atom is 0.335 e. The minimum atomic E-state index is -2.09. The third kappa shape index (κ3) is 11.2. The van der Waals surface area contributed by atoms with Crippen LogP contribution in [0.4, 0.5) is 0 Å². The van der Waals surface area contributed by atoms with E-state index in [-0.39, 0.29) is 50.8 Å². The van der Waals surface area contributed by atoms with E-state index in [0.717, 1.165) is 18.9 Å². The van der Waals surface area contributed by atoms with Crippen LogP contribution >= 0.6 is 11.8 Å². The molecule has 0 aromatic rings. The third-order valence-corrected chi connectivity index (χ3v) is 10.8. The van der Waals surface area contributed by atoms with Crippen LogP contribution in [0.3, 0.4) is 0 Å². The highest BCUT2D eigenvalue weighted by Gasteiger charge is 2.56. The van der Waals surface area contributed by atoms with Crippen LogP contribution in [0, 0.1) is 0 Å². The predicted octanol–water partition coefficient (Wildman–Crippen LogP) is -5.79. The number of carboxylic acid groups (broad SMARTS) is 2. The molecule has 7 unspecified atom stereocenters. The van der Waals surface area contributed by atoms with Gasteiger partial charge in [-0.1, -0.05) is 6.92 Å². The molecule has 0 spiro atoms. The highest BCUT2D eigenvalue weighted by molar-refractivity contribution is 8.00. The lowest BCUT2D eigenvalue weighted by Gasteiger charge is -2.49. The second-order valence-electron chi connectivity index (χ2n) is 13.7. The normalized spacial score (nSPS) is 38.1. The number of carboxylic acids is 2. The van der Waals surface area contributed by atoms with Crippen LogP contribution in [0.15, 0.2) is 0 Å². The van der Waals surface area contributed by atoms with Crippen molar-refractivity contribution in [2.75, 3.05) is 39.2 Å². The van der Waals surface area contributed by atoms with Gasteiger partial charge in [0.1, 0.15) is 61.0 Å². The monoisotopic (exact) mass is 857 g/mol. The van der Waals surface area contributed by atoms with Gasteiger partial charge in [0.25, 0.3) is 0 Å². The van der Waals surface area contributed by atoms with Gasteiger partial charge in [0.05, 0.1) is 18.5 Å². The van der Waals surface area contributed by atoms with E-state index >= 15 is 0 Å². The first kappa shape index (κ1) is 47.5. The summed E-state index contributed by atoms with van der Waals surface area (Å²) in [6.07, 6.45) is -26.0. The second-order valence-corrected chi connectivity index (χ2v) is 15.2. The molecule has 4 fully saturated rings. The summed E-state index contributed by atoms with van der Waals surface area (Å²) in [5.74, 6) is -4.48. The van der Waals surface area contributed by atoms with Crippen molar-refractivity contribution in [1.29, 1.82) is 0 Å². The van der Waals surface area contributed by atoms with Crippen molar-refractivity contribution >= 4 is 47.3 Å². The maximum atomic E-state index is 12.4. The lowest BCUT2D eigenvalue weighted by atomic mass is 9.94. The number of thioether (sulfide) groups is 1. The summed E-state index contributed by atoms with van der Waals surface area (Å²) in [6.45, 7) is 1.51. The number of carbonyl (C=O) groups excluding carboxylic acids is 4. The van der Waals surface area contributed by atoms with Crippen molar-refractivity contribution in [1.82, 2.24) is 15.5 Å². The molecule has 4 rings (SSSR count). The number of methoxy groups -OCH3 is 1. The van der Waals surface area contributed by atoms with Crippen molar-refractivity contribution in [3.05, 3.63) is 0 Å². The van der Waals surface area contributed by atoms with E-state index in [1.807, 2.05) is 6.92 Å². The molecule has 330 valence electrons. The molecule has 4 heterocycles. The number of nitrogens with one attached hydrogen (secondary N) is 2. The molecule has 24 nitrogen and oxygen atoms in total. The minimum absolute atomic E-state index is 0.0368. The molecule has 4 aliphatic heterocycles. The molecule has 0 aliphatic carbocycles. The van der Waals surface area contributed by atoms with Gasteiger partial charge in [-0.3, -0.25) is 24.1 Å². The zero-order valence-electron chi connectivity index (χ0n) is 31.6. The molecule has 0 aromatic carbocycles. The average molecular weight is 858 g/mol. The smallest absolute Gasteiger partial charge is 0.335 e. The zero-order valence-corrected chi connectivity index (χ0v) is 32.5. The van der Waals surface area contributed by atoms with E-state index in [1.165, 1.54) is 11.8 Å². The van der Waals surface area contributed by atoms with Crippen molar-refractivity contribution in [2.24, 2.45) is 0 Å². The van der Waals surface area contributed by atoms with E-state index in [9.17, 15) is 69.6 Å². The van der Waals surface area contributed by atoms with Gasteiger partial charge in [-0.15, -0.1) is 11.8 Å². The number of imide groups is 1. The summed E-state index contributed by atoms with van der Waals surface area (Å²) in [6, 6.07) is -1.69. The van der Waals surface area contributed by atoms with Crippen molar-refractivity contribution in [2.45, 2.75) is 130 Å². The Kier molecular flexibility index (Phi) is 17.5. The Hall–Kier alpha value is -3.15. The Balaban J connectivity index is 1.35. The van der Waals surface area contributed by atoms with E-state index in [4.69, 9.17) is 33.2 Å². The molecular weight excluding hydrogens is 806 g/mol. The number of carbonyl (C=O) groups is 6. The Morgan fingerprint density at radius 1 is 0.845 bits per heavy atom. The number of hydrogen-bond acceptors (Lipinski definition) is 20. The summed E-state index contributed by atoms with van der Waals surface area (Å²) < 4.78 is 38.1. The van der Waals surface area contributed by atoms with Gasteiger partial charge in [0, 0.05) is 40.0 Å². The van der Waals surface area contributed by atoms with Crippen LogP contribution in [0.25, 0.3) is 0 Å². The van der Waals surface area contributed by atoms with Crippen LogP contribution in [-0.4, -0.2) is 218 Å². The fourth-order valence-electron chi connectivity index (χ4n) is 6.86. The van der Waals surface area contributed by atoms with Crippen LogP contribution in [0.1, 0.15) is 33.1 Å². The number of aliphatic hydroxyl groups is 6. The molecule has 4 saturated heterocycles. The van der Waals surface area contributed by atoms with Crippen LogP contribution in [0.2, 0.25) is 0 Å². The fraction of sp³-hybridized carbons (Fsp3) is 0.818. The van der Waals surface area contributed by atoms with Gasteiger partial charge < -0.3 is 84.6 Å². The first-order valence-electron chi connectivity index (χ1n) is 18.3. The predicted molar refractivity (Wildman–Crippen MR) is 188 cm³/mol. The molecule has 0 bridgehead atoms. The summed E-state index contributed by atoms with van der Waals surface area (Å²) in [4.78, 5) is 74.3. The minimum Gasteiger partial charge on any atom is -0.479 e. The molecule has 0 aromatic heterocycles. The number of aliphatic carboxylic acids is 2. The van der Waals surface area contributed by atoms with E-state index in [2.05, 4.69) is 10.6 Å². The average Bonchev–Trinajstić information content (AvgIpc) is 3.43. The molecule has 16 atom stereocenters. The number of nitrogens with zero attached hydrogens (tertiary/aromatic N) is 1. The Morgan fingerprint density at radius 2 is 1.45 bits per heavy atom. The Bertz CT molecular complexity index is 1460. The lowest BCUT2D eigenvalue weighted by molar-refractivity contribution is -0.362. The quantitative estimate of drug-likeness (QED) is 0.0427. The van der Waals surface area contributed by atoms with Crippen LogP contribution < -0.4 is 10.6 Å². The van der Waals surface area contributed by atoms with Crippen LogP contribution in [-0.2, 0) is 61.9 Å². The lowest BCUT2D eigenvalue weighted by Crippen LogP contribution is -2.69. The number of ether oxygens (including phenoxy) is 7. The summed E-state index contributed by atoms with van der Waals surface area (Å²) >= 11 is 1.38. The van der Waals surface area contributed by atoms with Gasteiger partial charge in [-0.25, -0.2) is 9.59 Å². The van der Waals surface area contributed by atoms with E-state index in [1.54, 1.807) is 0 Å². The van der Waals surface area contributed by atoms with Crippen molar-refractivity contribution in [3.8, 4) is 0 Å². The van der Waals surface area contributed by atoms with Crippen molar-refractivity contribution in [3.63, 3.8) is 0 Å². The second kappa shape index (κ2) is 21.4. The van der Waals surface area contributed by atoms with Crippen molar-refractivity contribution < 1.29 is 103 Å². The summed E-state index contributed by atoms with van der Waals surface area (Å²) in [5.41, 5.74) is 0. The number of rotatable bonds is 19. The number of likely N-dealkylation sites (tertiary alicyclic amines) is 1. The largest absolute Gasteiger partial charge is 0.479 e. The first-order valence-corrected chi connectivity index (χ1v) is 19.4. The van der Waals surface area contributed by atoms with Gasteiger partial charge in [0.2, 0.25) is 23.6 Å². The van der Waals surface area contributed by atoms with E-state index in [0.29, 0.717) is 5.75 Å². The molecular formula is C33H51N3O21S. The van der Waals surface area contributed by atoms with Crippen LogP contribution in [0.5, 0.6) is 0 Å². The highest BCUT2D eigenvalue weighted by Crippen LogP contribution is 2.33. The number of amides is 4. The maximum absolute atomic E-state index is 12.4. The molecule has 4 amide bonds. The topological polar surface area (TPSA) is 356 Å². The molecule has 4 aliphatic rings. The molecule has 10 N–H and O–H groups in total. The number of hydrogen-bond donors (Lipinski definition) is 10. The molecule has 0 saturated carbocycles. The summed E-state index contributed by atoms with van der Waals surface area (Å²) in [5, 5.41) is 88.5. The van der Waals surface area contributed by atoms with Gasteiger partial charge >= 0.3 is 11.9 Å². The van der Waals surface area contributed by atoms with Gasteiger partial charge in [-0.2, -0.15) is 0 Å². The third-order valence-electron chi connectivity index (χ3n) is 9.72. The van der Waals surface area contributed by atoms with Gasteiger partial charge in [-0.05, 0) is 12.2 Å². The summed E-state index contributed by atoms with van der Waals surface area (Å²) in [7, 11) is 1.07. The molecule has 0 radical (unpaired) electrons. The van der Waals surface area contributed by atoms with E-state index < -0.39 is 128 Å². The standard InChI is InChI=1S/C33H51N3O21S/c1-4-58-14-10-16(40)36(28(14)46)8-5-6-15(39)34-7-9-52-32-21(44)20(43)25(27(56-32)30(49)50)55-31-17(35-12(2)38)18(41)23(13(11-37)53-31)54-33-22(45)19(42)24(51-3)26(57-33)29(47)48/h13-14,17-27,31-33,37,41-45H,4-11H2,1-3H3,(H,34,39)(H,35,38)(H,47,48)(H,49,50)/t13?,14?,17?,18-,19?,20?,21+,22+,23-,24+,25+,26?,27?,31-,32-,33-/m1/s1. The Morgan fingerprint density at radius 3 is 2.05 bits per heavy atom. The van der Waals surface area contributed by atoms with Gasteiger partial charge in [0.15, 0.2) is 31.1 Å². The SMILES string of the molecule is CCSC1CC(=O)N(CCCC(=O)NCCO[C@@H]2OC(C(=O)O)[C@@H](O[C@H]3OC(CO)[C@@H](O[C@@H]4OC(C(=O)O)[C@@H](OC)C(O)[C@@H]4O)[C@H](O)C3NC(C)=O)C(O)[C@@H]2O)C1=O.